The number of para-hydroxylation sites is 1. The van der Waals surface area contributed by atoms with Crippen LogP contribution in [0.25, 0.3) is 10.9 Å². The van der Waals surface area contributed by atoms with E-state index in [1.165, 1.54) is 11.8 Å². The molecule has 3 heterocycles. The smallest absolute Gasteiger partial charge is 0.245 e. The first-order valence-electron chi connectivity index (χ1n) is 23.0. The van der Waals surface area contributed by atoms with Crippen LogP contribution in [0.4, 0.5) is 0 Å². The van der Waals surface area contributed by atoms with E-state index < -0.39 is 65.8 Å². The Balaban J connectivity index is 1.16. The van der Waals surface area contributed by atoms with Gasteiger partial charge >= 0.3 is 0 Å². The third kappa shape index (κ3) is 13.7. The fourth-order valence-corrected chi connectivity index (χ4v) is 8.90. The second kappa shape index (κ2) is 23.9. The Morgan fingerprint density at radius 3 is 2.13 bits per heavy atom. The van der Waals surface area contributed by atoms with Crippen molar-refractivity contribution in [1.82, 2.24) is 46.7 Å². The highest BCUT2D eigenvalue weighted by molar-refractivity contribution is 5.95. The molecule has 18 nitrogen and oxygen atoms in total. The summed E-state index contributed by atoms with van der Waals surface area (Å²) in [6.45, 7) is 2.52. The molecule has 3 aromatic carbocycles. The van der Waals surface area contributed by atoms with Crippen LogP contribution in [0.3, 0.4) is 0 Å². The number of hydrogen-bond acceptors (Lipinski definition) is 9. The first-order chi connectivity index (χ1) is 32.3. The summed E-state index contributed by atoms with van der Waals surface area (Å²) in [5.74, 6) is -3.07. The van der Waals surface area contributed by atoms with Crippen molar-refractivity contribution in [3.05, 3.63) is 107 Å². The topological polar surface area (TPSA) is 264 Å². The van der Waals surface area contributed by atoms with Crippen LogP contribution >= 0.6 is 0 Å². The van der Waals surface area contributed by atoms with Crippen LogP contribution < -0.4 is 37.6 Å². The number of nitrogens with zero attached hydrogens (tertiary/aromatic N) is 2. The van der Waals surface area contributed by atoms with E-state index in [0.29, 0.717) is 38.8 Å². The standard InChI is InChI=1S/C49H63N11O7/c1-31(62)55-41(25-32-13-4-3-5-14-32)45(64)57-40(48(67)60-24-12-17-36(60)30-61)21-11-22-52-44(63)39(20-10-23-53-49(50)51)56-46(65)42(26-35-28-54-38-19-9-8-18-37(35)38)58-47(66)43-27-33-15-6-7-16-34(33)29-59(43)2/h3-9,13-16,18-19,28,30,36,39-43,54H,10-12,17,20-27,29H2,1-2H3,(H,52,63)(H,55,62)(H,56,65)(H,57,64)(H,58,66)(H4,50,51,53)/t36?,39?,40-,41-,42?,43+/m0/s1. The van der Waals surface area contributed by atoms with Crippen molar-refractivity contribution < 1.29 is 33.6 Å². The Labute approximate surface area is 390 Å². The van der Waals surface area contributed by atoms with Gasteiger partial charge in [0.1, 0.15) is 30.5 Å². The summed E-state index contributed by atoms with van der Waals surface area (Å²) in [5.41, 5.74) is 10.2. The van der Waals surface area contributed by atoms with E-state index >= 15 is 0 Å². The second-order valence-electron chi connectivity index (χ2n) is 17.4. The molecule has 0 saturated carbocycles. The molecular weight excluding hydrogens is 855 g/mol. The van der Waals surface area contributed by atoms with Crippen LogP contribution in [-0.2, 0) is 59.4 Å². The van der Waals surface area contributed by atoms with Crippen molar-refractivity contribution in [2.45, 2.75) is 108 Å². The van der Waals surface area contributed by atoms with Gasteiger partial charge < -0.3 is 52.3 Å². The minimum absolute atomic E-state index is 0.0534. The highest BCUT2D eigenvalue weighted by Gasteiger charge is 2.36. The number of amides is 6. The molecule has 18 heteroatoms. The van der Waals surface area contributed by atoms with Crippen LogP contribution in [0.5, 0.6) is 0 Å². The summed E-state index contributed by atoms with van der Waals surface area (Å²) >= 11 is 0. The van der Waals surface area contributed by atoms with E-state index in [1.54, 1.807) is 0 Å². The van der Waals surface area contributed by atoms with E-state index in [-0.39, 0.29) is 57.1 Å². The van der Waals surface area contributed by atoms with Crippen molar-refractivity contribution in [3.8, 4) is 0 Å². The van der Waals surface area contributed by atoms with Gasteiger partial charge in [0.2, 0.25) is 35.4 Å². The first kappa shape index (κ1) is 49.4. The average Bonchev–Trinajstić information content (AvgIpc) is 3.97. The molecule has 0 aliphatic carbocycles. The molecule has 356 valence electrons. The Kier molecular flexibility index (Phi) is 17.6. The van der Waals surface area contributed by atoms with Crippen LogP contribution in [0.15, 0.2) is 85.1 Å². The summed E-state index contributed by atoms with van der Waals surface area (Å²) < 4.78 is 0. The molecule has 2 aliphatic heterocycles. The van der Waals surface area contributed by atoms with Crippen molar-refractivity contribution in [1.29, 1.82) is 5.41 Å². The summed E-state index contributed by atoms with van der Waals surface area (Å²) in [6.07, 6.45) is 5.24. The van der Waals surface area contributed by atoms with E-state index in [4.69, 9.17) is 11.1 Å². The third-order valence-electron chi connectivity index (χ3n) is 12.4. The number of likely N-dealkylation sites (tertiary alicyclic amines) is 1. The van der Waals surface area contributed by atoms with Gasteiger partial charge in [-0.15, -0.1) is 0 Å². The third-order valence-corrected chi connectivity index (χ3v) is 12.4. The highest BCUT2D eigenvalue weighted by Crippen LogP contribution is 2.24. The number of nitrogens with two attached hydrogens (primary N) is 1. The summed E-state index contributed by atoms with van der Waals surface area (Å²) in [5, 5.41) is 25.5. The minimum atomic E-state index is -1.07. The maximum atomic E-state index is 14.4. The number of carbonyl (C=O) groups excluding carboxylic acids is 7. The number of hydrogen-bond donors (Lipinski definition) is 9. The number of nitrogens with one attached hydrogen (secondary N) is 8. The van der Waals surface area contributed by atoms with Crippen LogP contribution in [0, 0.1) is 5.41 Å². The van der Waals surface area contributed by atoms with Gasteiger partial charge in [-0.2, -0.15) is 0 Å². The first-order valence-corrected chi connectivity index (χ1v) is 23.0. The normalized spacial score (nSPS) is 17.5. The maximum Gasteiger partial charge on any atom is 0.245 e. The maximum absolute atomic E-state index is 14.4. The van der Waals surface area contributed by atoms with E-state index in [1.807, 2.05) is 97.0 Å². The molecule has 67 heavy (non-hydrogen) atoms. The number of guanidine groups is 1. The summed E-state index contributed by atoms with van der Waals surface area (Å²) in [7, 11) is 1.87. The molecule has 1 saturated heterocycles. The lowest BCUT2D eigenvalue weighted by Gasteiger charge is -2.34. The van der Waals surface area contributed by atoms with Crippen molar-refractivity contribution in [2.75, 3.05) is 26.7 Å². The van der Waals surface area contributed by atoms with E-state index in [0.717, 1.165) is 39.4 Å². The summed E-state index contributed by atoms with van der Waals surface area (Å²) in [4.78, 5) is 101. The molecule has 10 N–H and O–H groups in total. The molecule has 6 rings (SSSR count). The number of aromatic amines is 1. The lowest BCUT2D eigenvalue weighted by Crippen LogP contribution is -2.58. The minimum Gasteiger partial charge on any atom is -0.370 e. The summed E-state index contributed by atoms with van der Waals surface area (Å²) in [6, 6.07) is 19.4. The van der Waals surface area contributed by atoms with Gasteiger partial charge in [0.15, 0.2) is 5.96 Å². The van der Waals surface area contributed by atoms with E-state index in [9.17, 15) is 33.6 Å². The molecular formula is C49H63N11O7. The Morgan fingerprint density at radius 1 is 0.776 bits per heavy atom. The molecule has 0 spiro atoms. The monoisotopic (exact) mass is 917 g/mol. The molecule has 0 radical (unpaired) electrons. The van der Waals surface area contributed by atoms with Gasteiger partial charge in [0, 0.05) is 63.0 Å². The lowest BCUT2D eigenvalue weighted by atomic mass is 9.93. The number of aldehydes is 1. The number of carbonyl (C=O) groups is 7. The van der Waals surface area contributed by atoms with Gasteiger partial charge in [-0.1, -0.05) is 72.8 Å². The number of fused-ring (bicyclic) bond motifs is 2. The Bertz CT molecular complexity index is 2390. The van der Waals surface area contributed by atoms with Crippen LogP contribution in [0.2, 0.25) is 0 Å². The number of benzene rings is 3. The fraction of sp³-hybridized carbons (Fsp3) is 0.429. The highest BCUT2D eigenvalue weighted by atomic mass is 16.2. The van der Waals surface area contributed by atoms with Crippen LogP contribution in [0.1, 0.15) is 67.7 Å². The predicted molar refractivity (Wildman–Crippen MR) is 253 cm³/mol. The number of aromatic nitrogens is 1. The SMILES string of the molecule is CC(=O)N[C@@H](Cc1ccccc1)C(=O)N[C@@H](CCCNC(=O)C(CCCNC(=N)N)NC(=O)C(Cc1c[nH]c2ccccc12)NC(=O)[C@H]1Cc2ccccc2CN1C)C(=O)N1CCCC1C=O. The zero-order chi connectivity index (χ0) is 47.9. The van der Waals surface area contributed by atoms with Crippen LogP contribution in [-0.4, -0.2) is 125 Å². The molecule has 1 aromatic heterocycles. The van der Waals surface area contributed by atoms with Crippen molar-refractivity contribution in [2.24, 2.45) is 5.73 Å². The number of likely N-dealkylation sites (N-methyl/N-ethyl adjacent to an activating group) is 1. The zero-order valence-corrected chi connectivity index (χ0v) is 38.1. The van der Waals surface area contributed by atoms with Gasteiger partial charge in [-0.3, -0.25) is 39.1 Å². The molecule has 6 atom stereocenters. The molecule has 6 amide bonds. The number of H-pyrrole nitrogens is 1. The van der Waals surface area contributed by atoms with Crippen molar-refractivity contribution in [3.63, 3.8) is 0 Å². The largest absolute Gasteiger partial charge is 0.370 e. The van der Waals surface area contributed by atoms with Gasteiger partial charge in [0.25, 0.3) is 0 Å². The van der Waals surface area contributed by atoms with Gasteiger partial charge in [0.05, 0.1) is 12.1 Å². The molecule has 0 bridgehead atoms. The quantitative estimate of drug-likeness (QED) is 0.0236. The van der Waals surface area contributed by atoms with Gasteiger partial charge in [-0.25, -0.2) is 0 Å². The fourth-order valence-electron chi connectivity index (χ4n) is 8.90. The second-order valence-corrected chi connectivity index (χ2v) is 17.4. The van der Waals surface area contributed by atoms with Crippen molar-refractivity contribution >= 4 is 58.6 Å². The van der Waals surface area contributed by atoms with Gasteiger partial charge in [-0.05, 0) is 80.3 Å². The zero-order valence-electron chi connectivity index (χ0n) is 38.1. The Hall–Kier alpha value is -7.08. The number of rotatable bonds is 22. The lowest BCUT2D eigenvalue weighted by molar-refractivity contribution is -0.139. The van der Waals surface area contributed by atoms with E-state index in [2.05, 4.69) is 36.9 Å². The molecule has 4 aromatic rings. The predicted octanol–water partition coefficient (Wildman–Crippen LogP) is 1.32. The average molecular weight is 918 g/mol. The molecule has 1 fully saturated rings. The Morgan fingerprint density at radius 2 is 1.42 bits per heavy atom. The molecule has 3 unspecified atom stereocenters. The molecule has 2 aliphatic rings.